The number of non-ortho nitro benzene ring substituents is 1. The van der Waals surface area contributed by atoms with Gasteiger partial charge in [0, 0.05) is 24.2 Å². The predicted molar refractivity (Wildman–Crippen MR) is 133 cm³/mol. The standard InChI is InChI=1S/C25H28ClN5O4/c1-25(2,3)18-8-6-16(7-9-18)23-28-22(35-29-23)15-30-12-4-5-17(14-30)24(32)27-21-13-19(31(33)34)10-11-20(21)26/h6-11,13,17H,4-5,12,14-15H2,1-3H3,(H,27,32). The summed E-state index contributed by atoms with van der Waals surface area (Å²) in [5.74, 6) is 0.517. The second-order valence-electron chi connectivity index (χ2n) is 9.82. The van der Waals surface area contributed by atoms with Crippen molar-refractivity contribution in [2.75, 3.05) is 18.4 Å². The van der Waals surface area contributed by atoms with Crippen molar-refractivity contribution in [2.24, 2.45) is 5.92 Å². The molecule has 2 heterocycles. The Bertz CT molecular complexity index is 1220. The molecule has 1 aromatic heterocycles. The monoisotopic (exact) mass is 497 g/mol. The lowest BCUT2D eigenvalue weighted by atomic mass is 9.87. The molecule has 0 bridgehead atoms. The van der Waals surface area contributed by atoms with Crippen LogP contribution in [0.25, 0.3) is 11.4 Å². The number of anilines is 1. The smallest absolute Gasteiger partial charge is 0.271 e. The minimum absolute atomic E-state index is 0.0681. The van der Waals surface area contributed by atoms with Crippen LogP contribution < -0.4 is 5.32 Å². The van der Waals surface area contributed by atoms with Crippen molar-refractivity contribution in [2.45, 2.75) is 45.6 Å². The molecule has 1 amide bonds. The van der Waals surface area contributed by atoms with Gasteiger partial charge in [-0.1, -0.05) is 61.8 Å². The number of aromatic nitrogens is 2. The highest BCUT2D eigenvalue weighted by atomic mass is 35.5. The van der Waals surface area contributed by atoms with Gasteiger partial charge in [0.25, 0.3) is 5.69 Å². The molecule has 3 aromatic rings. The fraction of sp³-hybridized carbons (Fsp3) is 0.400. The molecule has 10 heteroatoms. The van der Waals surface area contributed by atoms with E-state index in [1.165, 1.54) is 23.8 Å². The Morgan fingerprint density at radius 1 is 1.26 bits per heavy atom. The van der Waals surface area contributed by atoms with Crippen molar-refractivity contribution < 1.29 is 14.2 Å². The quantitative estimate of drug-likeness (QED) is 0.356. The van der Waals surface area contributed by atoms with Gasteiger partial charge in [0.05, 0.1) is 28.1 Å². The summed E-state index contributed by atoms with van der Waals surface area (Å²) in [5, 5.41) is 18.2. The minimum atomic E-state index is -0.522. The van der Waals surface area contributed by atoms with Gasteiger partial charge in [-0.3, -0.25) is 19.8 Å². The number of nitrogens with zero attached hydrogens (tertiary/aromatic N) is 4. The lowest BCUT2D eigenvalue weighted by Gasteiger charge is -2.30. The second-order valence-corrected chi connectivity index (χ2v) is 10.2. The minimum Gasteiger partial charge on any atom is -0.338 e. The summed E-state index contributed by atoms with van der Waals surface area (Å²) >= 11 is 6.13. The highest BCUT2D eigenvalue weighted by Gasteiger charge is 2.28. The normalized spacial score (nSPS) is 16.7. The number of halogens is 1. The molecule has 1 unspecified atom stereocenters. The van der Waals surface area contributed by atoms with E-state index in [0.29, 0.717) is 31.2 Å². The summed E-state index contributed by atoms with van der Waals surface area (Å²) < 4.78 is 5.48. The van der Waals surface area contributed by atoms with Crippen LogP contribution in [0, 0.1) is 16.0 Å². The summed E-state index contributed by atoms with van der Waals surface area (Å²) in [7, 11) is 0. The topological polar surface area (TPSA) is 114 Å². The van der Waals surface area contributed by atoms with Crippen LogP contribution in [0.3, 0.4) is 0 Å². The first-order valence-electron chi connectivity index (χ1n) is 11.5. The molecule has 35 heavy (non-hydrogen) atoms. The number of carbonyl (C=O) groups excluding carboxylic acids is 1. The van der Waals surface area contributed by atoms with Crippen molar-refractivity contribution in [3.05, 3.63) is 69.1 Å². The number of nitro groups is 1. The van der Waals surface area contributed by atoms with E-state index in [4.69, 9.17) is 16.1 Å². The van der Waals surface area contributed by atoms with Crippen molar-refractivity contribution in [1.82, 2.24) is 15.0 Å². The summed E-state index contributed by atoms with van der Waals surface area (Å²) in [6.07, 6.45) is 1.54. The van der Waals surface area contributed by atoms with Gasteiger partial charge in [-0.25, -0.2) is 0 Å². The lowest BCUT2D eigenvalue weighted by molar-refractivity contribution is -0.384. The van der Waals surface area contributed by atoms with E-state index >= 15 is 0 Å². The first kappa shape index (κ1) is 24.8. The van der Waals surface area contributed by atoms with Gasteiger partial charge in [-0.2, -0.15) is 4.98 Å². The Morgan fingerprint density at radius 2 is 2.00 bits per heavy atom. The molecule has 1 atom stereocenters. The fourth-order valence-electron chi connectivity index (χ4n) is 4.12. The largest absolute Gasteiger partial charge is 0.338 e. The Kier molecular flexibility index (Phi) is 7.18. The molecule has 0 saturated carbocycles. The number of rotatable bonds is 6. The molecule has 1 aliphatic rings. The molecule has 4 rings (SSSR count). The summed E-state index contributed by atoms with van der Waals surface area (Å²) in [6.45, 7) is 8.25. The van der Waals surface area contributed by atoms with Crippen LogP contribution in [0.4, 0.5) is 11.4 Å². The van der Waals surface area contributed by atoms with Crippen LogP contribution in [-0.2, 0) is 16.8 Å². The number of piperidine rings is 1. The molecule has 2 aromatic carbocycles. The van der Waals surface area contributed by atoms with Crippen LogP contribution in [0.1, 0.15) is 45.1 Å². The number of hydrogen-bond acceptors (Lipinski definition) is 7. The van der Waals surface area contributed by atoms with Gasteiger partial charge in [0.15, 0.2) is 0 Å². The molecule has 0 spiro atoms. The Morgan fingerprint density at radius 3 is 2.69 bits per heavy atom. The Hall–Kier alpha value is -3.30. The van der Waals surface area contributed by atoms with Gasteiger partial charge in [-0.15, -0.1) is 0 Å². The summed E-state index contributed by atoms with van der Waals surface area (Å²) in [5.41, 5.74) is 2.29. The molecule has 0 radical (unpaired) electrons. The van der Waals surface area contributed by atoms with Crippen LogP contribution >= 0.6 is 11.6 Å². The van der Waals surface area contributed by atoms with Gasteiger partial charge in [0.2, 0.25) is 17.6 Å². The zero-order valence-electron chi connectivity index (χ0n) is 20.0. The zero-order chi connectivity index (χ0) is 25.2. The van der Waals surface area contributed by atoms with Gasteiger partial charge >= 0.3 is 0 Å². The van der Waals surface area contributed by atoms with Crippen molar-refractivity contribution in [3.63, 3.8) is 0 Å². The molecular formula is C25H28ClN5O4. The number of hydrogen-bond donors (Lipinski definition) is 1. The third-order valence-corrected chi connectivity index (χ3v) is 6.46. The maximum atomic E-state index is 12.9. The third-order valence-electron chi connectivity index (χ3n) is 6.13. The number of nitro benzene ring substituents is 1. The van der Waals surface area contributed by atoms with E-state index in [1.807, 2.05) is 12.1 Å². The predicted octanol–water partition coefficient (Wildman–Crippen LogP) is 5.45. The number of benzene rings is 2. The second kappa shape index (κ2) is 10.1. The van der Waals surface area contributed by atoms with E-state index < -0.39 is 4.92 Å². The van der Waals surface area contributed by atoms with E-state index in [9.17, 15) is 14.9 Å². The maximum absolute atomic E-state index is 12.9. The average molecular weight is 498 g/mol. The lowest BCUT2D eigenvalue weighted by Crippen LogP contribution is -2.40. The first-order chi connectivity index (χ1) is 16.6. The van der Waals surface area contributed by atoms with E-state index in [1.54, 1.807) is 0 Å². The molecule has 9 nitrogen and oxygen atoms in total. The van der Waals surface area contributed by atoms with Crippen LogP contribution in [-0.4, -0.2) is 39.0 Å². The SMILES string of the molecule is CC(C)(C)c1ccc(-c2noc(CN3CCCC(C(=O)Nc4cc([N+](=O)[O-])ccc4Cl)C3)n2)cc1. The van der Waals surface area contributed by atoms with E-state index in [2.05, 4.69) is 53.3 Å². The number of amides is 1. The first-order valence-corrected chi connectivity index (χ1v) is 11.9. The van der Waals surface area contributed by atoms with Crippen molar-refractivity contribution in [3.8, 4) is 11.4 Å². The fourth-order valence-corrected chi connectivity index (χ4v) is 4.28. The van der Waals surface area contributed by atoms with Gasteiger partial charge in [-0.05, 0) is 36.4 Å². The number of likely N-dealkylation sites (tertiary alicyclic amines) is 1. The van der Waals surface area contributed by atoms with Crippen LogP contribution in [0.15, 0.2) is 47.0 Å². The van der Waals surface area contributed by atoms with Gasteiger partial charge in [0.1, 0.15) is 0 Å². The van der Waals surface area contributed by atoms with E-state index in [0.717, 1.165) is 18.5 Å². The molecular weight excluding hydrogens is 470 g/mol. The molecule has 1 N–H and O–H groups in total. The van der Waals surface area contributed by atoms with E-state index in [-0.39, 0.29) is 33.6 Å². The summed E-state index contributed by atoms with van der Waals surface area (Å²) in [4.78, 5) is 30.0. The Balaban J connectivity index is 1.38. The number of nitrogens with one attached hydrogen (secondary N) is 1. The van der Waals surface area contributed by atoms with Crippen molar-refractivity contribution in [1.29, 1.82) is 0 Å². The molecule has 1 saturated heterocycles. The maximum Gasteiger partial charge on any atom is 0.271 e. The average Bonchev–Trinajstić information content (AvgIpc) is 3.28. The molecule has 0 aliphatic carbocycles. The van der Waals surface area contributed by atoms with Crippen molar-refractivity contribution >= 4 is 28.9 Å². The number of carbonyl (C=O) groups is 1. The molecule has 184 valence electrons. The zero-order valence-corrected chi connectivity index (χ0v) is 20.7. The molecule has 1 fully saturated rings. The highest BCUT2D eigenvalue weighted by Crippen LogP contribution is 2.29. The van der Waals surface area contributed by atoms with Crippen LogP contribution in [0.5, 0.6) is 0 Å². The summed E-state index contributed by atoms with van der Waals surface area (Å²) in [6, 6.07) is 12.1. The van der Waals surface area contributed by atoms with Gasteiger partial charge < -0.3 is 9.84 Å². The molecule has 1 aliphatic heterocycles. The van der Waals surface area contributed by atoms with Crippen LogP contribution in [0.2, 0.25) is 5.02 Å². The highest BCUT2D eigenvalue weighted by molar-refractivity contribution is 6.33. The Labute approximate surface area is 208 Å². The third kappa shape index (κ3) is 6.04.